The van der Waals surface area contributed by atoms with E-state index in [0.29, 0.717) is 17.9 Å². The summed E-state index contributed by atoms with van der Waals surface area (Å²) in [6.07, 6.45) is 2.93. The molecule has 0 atom stereocenters. The van der Waals surface area contributed by atoms with Gasteiger partial charge < -0.3 is 14.6 Å². The lowest BCUT2D eigenvalue weighted by atomic mass is 10.1. The maximum atomic E-state index is 12.2. The molecule has 2 aromatic carbocycles. The fourth-order valence-electron chi connectivity index (χ4n) is 2.80. The third kappa shape index (κ3) is 3.21. The third-order valence-corrected chi connectivity index (χ3v) is 3.99. The number of rotatable bonds is 5. The second-order valence-electron chi connectivity index (χ2n) is 5.52. The average molecular weight is 308 g/mol. The van der Waals surface area contributed by atoms with Crippen LogP contribution >= 0.6 is 0 Å². The lowest BCUT2D eigenvalue weighted by molar-refractivity contribution is 0.0954. The molecular formula is C19H20N2O2. The molecule has 0 saturated heterocycles. The van der Waals surface area contributed by atoms with Crippen LogP contribution in [-0.2, 0) is 13.5 Å². The number of aromatic nitrogens is 1. The smallest absolute Gasteiger partial charge is 0.251 e. The van der Waals surface area contributed by atoms with Gasteiger partial charge in [-0.2, -0.15) is 0 Å². The number of nitrogens with zero attached hydrogens (tertiary/aromatic N) is 1. The number of benzene rings is 2. The topological polar surface area (TPSA) is 43.3 Å². The van der Waals surface area contributed by atoms with Gasteiger partial charge in [-0.1, -0.05) is 24.3 Å². The Balaban J connectivity index is 1.65. The van der Waals surface area contributed by atoms with Crippen molar-refractivity contribution in [2.45, 2.75) is 6.42 Å². The number of aryl methyl sites for hydroxylation is 1. The van der Waals surface area contributed by atoms with Crippen molar-refractivity contribution in [2.75, 3.05) is 13.7 Å². The monoisotopic (exact) mass is 308 g/mol. The number of methoxy groups -OCH3 is 1. The van der Waals surface area contributed by atoms with Gasteiger partial charge >= 0.3 is 0 Å². The van der Waals surface area contributed by atoms with E-state index in [9.17, 15) is 4.79 Å². The lowest BCUT2D eigenvalue weighted by Gasteiger charge is -2.06. The second kappa shape index (κ2) is 6.57. The first-order valence-electron chi connectivity index (χ1n) is 7.64. The van der Waals surface area contributed by atoms with Gasteiger partial charge in [-0.05, 0) is 36.2 Å². The minimum Gasteiger partial charge on any atom is -0.497 e. The summed E-state index contributed by atoms with van der Waals surface area (Å²) in [5.74, 6) is 0.607. The van der Waals surface area contributed by atoms with E-state index in [0.717, 1.165) is 6.42 Å². The second-order valence-corrected chi connectivity index (χ2v) is 5.52. The van der Waals surface area contributed by atoms with Crippen LogP contribution in [0.25, 0.3) is 10.9 Å². The van der Waals surface area contributed by atoms with Crippen LogP contribution in [0.15, 0.2) is 54.7 Å². The largest absolute Gasteiger partial charge is 0.497 e. The molecule has 3 rings (SSSR count). The zero-order valence-corrected chi connectivity index (χ0v) is 13.4. The quantitative estimate of drug-likeness (QED) is 0.787. The van der Waals surface area contributed by atoms with E-state index in [2.05, 4.69) is 28.2 Å². The van der Waals surface area contributed by atoms with E-state index in [-0.39, 0.29) is 5.91 Å². The summed E-state index contributed by atoms with van der Waals surface area (Å²) in [5.41, 5.74) is 3.07. The van der Waals surface area contributed by atoms with Gasteiger partial charge in [-0.15, -0.1) is 0 Å². The highest BCUT2D eigenvalue weighted by atomic mass is 16.5. The molecule has 0 aliphatic rings. The molecule has 3 aromatic rings. The van der Waals surface area contributed by atoms with Crippen LogP contribution in [0.4, 0.5) is 0 Å². The molecule has 1 heterocycles. The summed E-state index contributed by atoms with van der Waals surface area (Å²) in [6.45, 7) is 0.601. The number of amides is 1. The minimum absolute atomic E-state index is 0.0795. The van der Waals surface area contributed by atoms with Crippen molar-refractivity contribution in [3.8, 4) is 5.75 Å². The molecule has 23 heavy (non-hydrogen) atoms. The number of hydrogen-bond donors (Lipinski definition) is 1. The van der Waals surface area contributed by atoms with E-state index >= 15 is 0 Å². The molecule has 0 aliphatic carbocycles. The Kier molecular flexibility index (Phi) is 4.33. The van der Waals surface area contributed by atoms with Crippen molar-refractivity contribution in [1.29, 1.82) is 0 Å². The molecule has 0 unspecified atom stereocenters. The van der Waals surface area contributed by atoms with E-state index in [4.69, 9.17) is 4.74 Å². The van der Waals surface area contributed by atoms with Gasteiger partial charge in [0, 0.05) is 36.3 Å². The molecule has 1 amide bonds. The van der Waals surface area contributed by atoms with E-state index in [1.807, 2.05) is 31.3 Å². The molecule has 4 nitrogen and oxygen atoms in total. The Morgan fingerprint density at radius 1 is 1.17 bits per heavy atom. The number of carbonyl (C=O) groups excluding carboxylic acids is 1. The number of para-hydroxylation sites is 1. The van der Waals surface area contributed by atoms with Crippen molar-refractivity contribution < 1.29 is 9.53 Å². The molecule has 0 radical (unpaired) electrons. The summed E-state index contributed by atoms with van der Waals surface area (Å²) in [6, 6.07) is 15.5. The Morgan fingerprint density at radius 2 is 2.00 bits per heavy atom. The Bertz CT molecular complexity index is 836. The molecule has 0 aliphatic heterocycles. The van der Waals surface area contributed by atoms with Gasteiger partial charge in [0.2, 0.25) is 0 Å². The van der Waals surface area contributed by atoms with E-state index in [1.165, 1.54) is 16.5 Å². The van der Waals surface area contributed by atoms with Gasteiger partial charge in [0.15, 0.2) is 0 Å². The van der Waals surface area contributed by atoms with Crippen molar-refractivity contribution in [3.05, 3.63) is 65.9 Å². The first kappa shape index (κ1) is 15.2. The van der Waals surface area contributed by atoms with Crippen LogP contribution in [0.1, 0.15) is 15.9 Å². The first-order valence-corrected chi connectivity index (χ1v) is 7.64. The van der Waals surface area contributed by atoms with Crippen LogP contribution in [0.3, 0.4) is 0 Å². The van der Waals surface area contributed by atoms with Crippen molar-refractivity contribution in [1.82, 2.24) is 9.88 Å². The third-order valence-electron chi connectivity index (χ3n) is 3.99. The van der Waals surface area contributed by atoms with E-state index < -0.39 is 0 Å². The predicted molar refractivity (Wildman–Crippen MR) is 92.0 cm³/mol. The van der Waals surface area contributed by atoms with Crippen LogP contribution in [0, 0.1) is 0 Å². The maximum absolute atomic E-state index is 12.2. The highest BCUT2D eigenvalue weighted by molar-refractivity contribution is 5.94. The number of hydrogen-bond acceptors (Lipinski definition) is 2. The zero-order chi connectivity index (χ0) is 16.2. The normalized spacial score (nSPS) is 10.7. The predicted octanol–water partition coefficient (Wildman–Crippen LogP) is 3.16. The Morgan fingerprint density at radius 3 is 2.83 bits per heavy atom. The summed E-state index contributed by atoms with van der Waals surface area (Å²) in [4.78, 5) is 12.2. The van der Waals surface area contributed by atoms with Crippen molar-refractivity contribution in [2.24, 2.45) is 7.05 Å². The van der Waals surface area contributed by atoms with Gasteiger partial charge in [-0.3, -0.25) is 4.79 Å². The van der Waals surface area contributed by atoms with Gasteiger partial charge in [0.1, 0.15) is 5.75 Å². The fourth-order valence-corrected chi connectivity index (χ4v) is 2.80. The number of carbonyl (C=O) groups is 1. The first-order chi connectivity index (χ1) is 11.2. The molecule has 0 spiro atoms. The Labute approximate surface area is 135 Å². The van der Waals surface area contributed by atoms with Crippen LogP contribution in [-0.4, -0.2) is 24.1 Å². The van der Waals surface area contributed by atoms with Crippen LogP contribution in [0.5, 0.6) is 5.75 Å². The number of ether oxygens (including phenoxy) is 1. The highest BCUT2D eigenvalue weighted by Gasteiger charge is 2.08. The minimum atomic E-state index is -0.0795. The number of nitrogens with one attached hydrogen (secondary N) is 1. The molecule has 4 heteroatoms. The van der Waals surface area contributed by atoms with E-state index in [1.54, 1.807) is 19.2 Å². The van der Waals surface area contributed by atoms with Crippen LogP contribution < -0.4 is 10.1 Å². The van der Waals surface area contributed by atoms with Crippen molar-refractivity contribution in [3.63, 3.8) is 0 Å². The fraction of sp³-hybridized carbons (Fsp3) is 0.211. The maximum Gasteiger partial charge on any atom is 0.251 e. The average Bonchev–Trinajstić information content (AvgIpc) is 2.91. The summed E-state index contributed by atoms with van der Waals surface area (Å²) < 4.78 is 7.27. The molecule has 1 aromatic heterocycles. The van der Waals surface area contributed by atoms with Gasteiger partial charge in [0.05, 0.1) is 7.11 Å². The molecule has 0 saturated carbocycles. The summed E-state index contributed by atoms with van der Waals surface area (Å²) in [5, 5.41) is 4.21. The molecular weight excluding hydrogens is 288 g/mol. The summed E-state index contributed by atoms with van der Waals surface area (Å²) in [7, 11) is 3.64. The molecule has 0 bridgehead atoms. The van der Waals surface area contributed by atoms with Gasteiger partial charge in [0.25, 0.3) is 5.91 Å². The number of fused-ring (bicyclic) bond motifs is 1. The standard InChI is InChI=1S/C19H20N2O2/c1-21-13-15(17-8-3-4-9-18(17)21)10-11-20-19(22)14-6-5-7-16(12-14)23-2/h3-9,12-13H,10-11H2,1-2H3,(H,20,22). The molecule has 0 fully saturated rings. The molecule has 118 valence electrons. The van der Waals surface area contributed by atoms with Crippen LogP contribution in [0.2, 0.25) is 0 Å². The summed E-state index contributed by atoms with van der Waals surface area (Å²) >= 11 is 0. The highest BCUT2D eigenvalue weighted by Crippen LogP contribution is 2.20. The SMILES string of the molecule is COc1cccc(C(=O)NCCc2cn(C)c3ccccc23)c1. The zero-order valence-electron chi connectivity index (χ0n) is 13.4. The van der Waals surface area contributed by atoms with Crippen molar-refractivity contribution >= 4 is 16.8 Å². The Hall–Kier alpha value is -2.75. The van der Waals surface area contributed by atoms with Gasteiger partial charge in [-0.25, -0.2) is 0 Å². The lowest BCUT2D eigenvalue weighted by Crippen LogP contribution is -2.25. The molecule has 1 N–H and O–H groups in total.